The zero-order valence-corrected chi connectivity index (χ0v) is 10.7. The normalized spacial score (nSPS) is 12.2. The highest BCUT2D eigenvalue weighted by molar-refractivity contribution is 5.49. The van der Waals surface area contributed by atoms with Gasteiger partial charge in [-0.25, -0.2) is 8.78 Å². The molecule has 1 atom stereocenters. The third-order valence-electron chi connectivity index (χ3n) is 2.95. The highest BCUT2D eigenvalue weighted by atomic mass is 19.1. The van der Waals surface area contributed by atoms with Crippen LogP contribution in [0.15, 0.2) is 36.4 Å². The van der Waals surface area contributed by atoms with Crippen LogP contribution in [0.4, 0.5) is 14.5 Å². The maximum Gasteiger partial charge on any atom is 0.146 e. The van der Waals surface area contributed by atoms with E-state index in [1.165, 1.54) is 0 Å². The highest BCUT2D eigenvalue weighted by Crippen LogP contribution is 2.28. The van der Waals surface area contributed by atoms with Crippen molar-refractivity contribution >= 4 is 5.69 Å². The number of benzene rings is 2. The quantitative estimate of drug-likeness (QED) is 0.871. The molecule has 0 aromatic heterocycles. The molecule has 19 heavy (non-hydrogen) atoms. The Morgan fingerprint density at radius 3 is 2.53 bits per heavy atom. The van der Waals surface area contributed by atoms with Gasteiger partial charge < -0.3 is 10.4 Å². The van der Waals surface area contributed by atoms with Crippen molar-refractivity contribution in [3.8, 4) is 5.75 Å². The van der Waals surface area contributed by atoms with Gasteiger partial charge >= 0.3 is 0 Å². The predicted molar refractivity (Wildman–Crippen MR) is 71.2 cm³/mol. The lowest BCUT2D eigenvalue weighted by Gasteiger charge is -2.17. The molecule has 0 bridgehead atoms. The molecule has 2 nitrogen and oxygen atoms in total. The van der Waals surface area contributed by atoms with E-state index in [0.717, 1.165) is 23.8 Å². The van der Waals surface area contributed by atoms with Gasteiger partial charge in [0.25, 0.3) is 0 Å². The van der Waals surface area contributed by atoms with Crippen molar-refractivity contribution in [1.29, 1.82) is 0 Å². The summed E-state index contributed by atoms with van der Waals surface area (Å²) in [7, 11) is 0. The van der Waals surface area contributed by atoms with Gasteiger partial charge in [-0.1, -0.05) is 12.1 Å². The SMILES string of the molecule is Cc1ccc(C(C)Nc2cc(F)ccc2F)c(O)c1. The zero-order chi connectivity index (χ0) is 14.0. The number of phenols is 1. The van der Waals surface area contributed by atoms with Crippen molar-refractivity contribution in [2.24, 2.45) is 0 Å². The van der Waals surface area contributed by atoms with Crippen LogP contribution in [0.2, 0.25) is 0 Å². The van der Waals surface area contributed by atoms with Gasteiger partial charge in [0.05, 0.1) is 11.7 Å². The van der Waals surface area contributed by atoms with Crippen LogP contribution in [0.3, 0.4) is 0 Å². The summed E-state index contributed by atoms with van der Waals surface area (Å²) in [5, 5.41) is 12.7. The molecule has 0 aliphatic carbocycles. The van der Waals surface area contributed by atoms with E-state index < -0.39 is 11.6 Å². The molecule has 100 valence electrons. The first-order valence-electron chi connectivity index (χ1n) is 5.98. The first-order chi connectivity index (χ1) is 8.97. The van der Waals surface area contributed by atoms with Crippen LogP contribution in [0.1, 0.15) is 24.1 Å². The molecule has 0 radical (unpaired) electrons. The Morgan fingerprint density at radius 2 is 1.84 bits per heavy atom. The largest absolute Gasteiger partial charge is 0.508 e. The van der Waals surface area contributed by atoms with Gasteiger partial charge in [0, 0.05) is 5.56 Å². The van der Waals surface area contributed by atoms with Crippen molar-refractivity contribution in [2.75, 3.05) is 5.32 Å². The molecule has 0 heterocycles. The Balaban J connectivity index is 2.25. The monoisotopic (exact) mass is 263 g/mol. The Morgan fingerprint density at radius 1 is 1.11 bits per heavy atom. The summed E-state index contributed by atoms with van der Waals surface area (Å²) in [6, 6.07) is 8.15. The maximum absolute atomic E-state index is 13.5. The van der Waals surface area contributed by atoms with Crippen LogP contribution in [0.25, 0.3) is 0 Å². The van der Waals surface area contributed by atoms with E-state index in [2.05, 4.69) is 5.32 Å². The summed E-state index contributed by atoms with van der Waals surface area (Å²) in [5.74, 6) is -0.902. The third-order valence-corrected chi connectivity index (χ3v) is 2.95. The van der Waals surface area contributed by atoms with Gasteiger partial charge in [-0.05, 0) is 43.7 Å². The van der Waals surface area contributed by atoms with E-state index in [4.69, 9.17) is 0 Å². The summed E-state index contributed by atoms with van der Waals surface area (Å²) >= 11 is 0. The smallest absolute Gasteiger partial charge is 0.146 e. The summed E-state index contributed by atoms with van der Waals surface area (Å²) in [6.07, 6.45) is 0. The number of rotatable bonds is 3. The molecule has 2 aromatic rings. The second-order valence-corrected chi connectivity index (χ2v) is 4.55. The van der Waals surface area contributed by atoms with Crippen LogP contribution < -0.4 is 5.32 Å². The lowest BCUT2D eigenvalue weighted by molar-refractivity contribution is 0.465. The fraction of sp³-hybridized carbons (Fsp3) is 0.200. The van der Waals surface area contributed by atoms with E-state index in [-0.39, 0.29) is 17.5 Å². The summed E-state index contributed by atoms with van der Waals surface area (Å²) in [6.45, 7) is 3.64. The number of halogens is 2. The molecule has 0 amide bonds. The number of nitrogens with one attached hydrogen (secondary N) is 1. The van der Waals surface area contributed by atoms with Crippen LogP contribution >= 0.6 is 0 Å². The number of hydrogen-bond acceptors (Lipinski definition) is 2. The van der Waals surface area contributed by atoms with Gasteiger partial charge in [-0.15, -0.1) is 0 Å². The average molecular weight is 263 g/mol. The standard InChI is InChI=1S/C15H15F2NO/c1-9-3-5-12(15(19)7-9)10(2)18-14-8-11(16)4-6-13(14)17/h3-8,10,18-19H,1-2H3. The minimum Gasteiger partial charge on any atom is -0.508 e. The molecule has 4 heteroatoms. The Hall–Kier alpha value is -2.10. The Bertz CT molecular complexity index is 599. The topological polar surface area (TPSA) is 32.3 Å². The van der Waals surface area contributed by atoms with E-state index >= 15 is 0 Å². The van der Waals surface area contributed by atoms with Crippen LogP contribution in [-0.4, -0.2) is 5.11 Å². The summed E-state index contributed by atoms with van der Waals surface area (Å²) < 4.78 is 26.6. The van der Waals surface area contributed by atoms with E-state index in [9.17, 15) is 13.9 Å². The van der Waals surface area contributed by atoms with Gasteiger partial charge in [-0.3, -0.25) is 0 Å². The Kier molecular flexibility index (Phi) is 3.69. The van der Waals surface area contributed by atoms with Gasteiger partial charge in [0.1, 0.15) is 17.4 Å². The average Bonchev–Trinajstić information content (AvgIpc) is 2.33. The molecule has 0 fully saturated rings. The van der Waals surface area contributed by atoms with Crippen LogP contribution in [0.5, 0.6) is 5.75 Å². The first kappa shape index (κ1) is 13.3. The van der Waals surface area contributed by atoms with Crippen molar-refractivity contribution in [2.45, 2.75) is 19.9 Å². The number of anilines is 1. The lowest BCUT2D eigenvalue weighted by atomic mass is 10.0. The molecule has 0 saturated carbocycles. The van der Waals surface area contributed by atoms with Gasteiger partial charge in [0.15, 0.2) is 0 Å². The fourth-order valence-electron chi connectivity index (χ4n) is 1.94. The van der Waals surface area contributed by atoms with Crippen LogP contribution in [-0.2, 0) is 0 Å². The van der Waals surface area contributed by atoms with Crippen LogP contribution in [0, 0.1) is 18.6 Å². The number of aryl methyl sites for hydroxylation is 1. The molecule has 0 spiro atoms. The van der Waals surface area contributed by atoms with Gasteiger partial charge in [0.2, 0.25) is 0 Å². The second-order valence-electron chi connectivity index (χ2n) is 4.55. The minimum atomic E-state index is -0.528. The Labute approximate surface area is 110 Å². The first-order valence-corrected chi connectivity index (χ1v) is 5.98. The maximum atomic E-state index is 13.5. The molecule has 0 aliphatic heterocycles. The predicted octanol–water partition coefficient (Wildman–Crippen LogP) is 4.15. The van der Waals surface area contributed by atoms with Gasteiger partial charge in [-0.2, -0.15) is 0 Å². The number of aromatic hydroxyl groups is 1. The van der Waals surface area contributed by atoms with E-state index in [0.29, 0.717) is 5.56 Å². The minimum absolute atomic E-state index is 0.0764. The van der Waals surface area contributed by atoms with Crippen molar-refractivity contribution < 1.29 is 13.9 Å². The fourth-order valence-corrected chi connectivity index (χ4v) is 1.94. The summed E-state index contributed by atoms with van der Waals surface area (Å²) in [5.41, 5.74) is 1.65. The zero-order valence-electron chi connectivity index (χ0n) is 10.7. The van der Waals surface area contributed by atoms with Crippen molar-refractivity contribution in [3.63, 3.8) is 0 Å². The molecular weight excluding hydrogens is 248 g/mol. The molecule has 1 unspecified atom stereocenters. The molecule has 2 N–H and O–H groups in total. The lowest BCUT2D eigenvalue weighted by Crippen LogP contribution is -2.08. The second kappa shape index (κ2) is 5.26. The molecule has 0 saturated heterocycles. The molecule has 0 aliphatic rings. The van der Waals surface area contributed by atoms with E-state index in [1.807, 2.05) is 13.0 Å². The number of hydrogen-bond donors (Lipinski definition) is 2. The molecular formula is C15H15F2NO. The third kappa shape index (κ3) is 3.02. The highest BCUT2D eigenvalue weighted by Gasteiger charge is 2.12. The van der Waals surface area contributed by atoms with Crippen molar-refractivity contribution in [1.82, 2.24) is 0 Å². The van der Waals surface area contributed by atoms with Crippen molar-refractivity contribution in [3.05, 3.63) is 59.2 Å². The molecule has 2 rings (SSSR count). The summed E-state index contributed by atoms with van der Waals surface area (Å²) in [4.78, 5) is 0. The molecule has 2 aromatic carbocycles. The van der Waals surface area contributed by atoms with E-state index in [1.54, 1.807) is 19.1 Å². The number of phenolic OH excluding ortho intramolecular Hbond substituents is 1.